The fourth-order valence-electron chi connectivity index (χ4n) is 2.26. The van der Waals surface area contributed by atoms with Gasteiger partial charge in [0.15, 0.2) is 17.2 Å². The van der Waals surface area contributed by atoms with Gasteiger partial charge in [-0.1, -0.05) is 48.5 Å². The van der Waals surface area contributed by atoms with E-state index < -0.39 is 0 Å². The highest BCUT2D eigenvalue weighted by Crippen LogP contribution is 2.27. The van der Waals surface area contributed by atoms with Crippen LogP contribution in [-0.4, -0.2) is 15.0 Å². The van der Waals surface area contributed by atoms with Crippen LogP contribution in [0.3, 0.4) is 0 Å². The van der Waals surface area contributed by atoms with E-state index in [-0.39, 0.29) is 0 Å². The van der Waals surface area contributed by atoms with Crippen molar-refractivity contribution >= 4 is 17.0 Å². The number of hydrogen-bond acceptors (Lipinski definition) is 5. The highest BCUT2D eigenvalue weighted by Gasteiger charge is 2.15. The van der Waals surface area contributed by atoms with Gasteiger partial charge in [-0.05, 0) is 12.1 Å². The monoisotopic (exact) mass is 288 g/mol. The number of oxazole rings is 1. The van der Waals surface area contributed by atoms with Gasteiger partial charge in [0.2, 0.25) is 5.89 Å². The molecule has 106 valence electrons. The molecule has 4 rings (SSSR count). The van der Waals surface area contributed by atoms with Gasteiger partial charge in [0.05, 0.1) is 0 Å². The van der Waals surface area contributed by atoms with E-state index in [1.807, 2.05) is 60.7 Å². The van der Waals surface area contributed by atoms with Crippen molar-refractivity contribution < 1.29 is 4.42 Å². The first kappa shape index (κ1) is 12.5. The van der Waals surface area contributed by atoms with E-state index in [1.165, 1.54) is 0 Å². The second kappa shape index (κ2) is 4.96. The van der Waals surface area contributed by atoms with Crippen LogP contribution in [0.15, 0.2) is 65.1 Å². The second-order valence-electron chi connectivity index (χ2n) is 4.84. The summed E-state index contributed by atoms with van der Waals surface area (Å²) in [6.45, 7) is 0. The van der Waals surface area contributed by atoms with E-state index in [4.69, 9.17) is 10.2 Å². The Hall–Kier alpha value is -3.21. The molecule has 2 N–H and O–H groups in total. The van der Waals surface area contributed by atoms with Crippen LogP contribution in [0.5, 0.6) is 0 Å². The maximum absolute atomic E-state index is 6.01. The zero-order valence-electron chi connectivity index (χ0n) is 11.6. The molecule has 0 atom stereocenters. The summed E-state index contributed by atoms with van der Waals surface area (Å²) >= 11 is 0. The van der Waals surface area contributed by atoms with Crippen molar-refractivity contribution in [3.8, 4) is 22.8 Å². The number of nitrogens with two attached hydrogens (primary N) is 1. The minimum absolute atomic E-state index is 0.315. The Kier molecular flexibility index (Phi) is 2.83. The van der Waals surface area contributed by atoms with Gasteiger partial charge in [-0.2, -0.15) is 4.98 Å². The first-order valence-electron chi connectivity index (χ1n) is 6.86. The topological polar surface area (TPSA) is 77.8 Å². The van der Waals surface area contributed by atoms with Crippen molar-refractivity contribution in [1.82, 2.24) is 15.0 Å². The Morgan fingerprint density at radius 3 is 2.05 bits per heavy atom. The lowest BCUT2D eigenvalue weighted by atomic mass is 10.2. The second-order valence-corrected chi connectivity index (χ2v) is 4.84. The van der Waals surface area contributed by atoms with E-state index in [2.05, 4.69) is 15.0 Å². The summed E-state index contributed by atoms with van der Waals surface area (Å²) in [5, 5.41) is 0. The Bertz CT molecular complexity index is 933. The molecule has 0 aliphatic heterocycles. The van der Waals surface area contributed by atoms with Gasteiger partial charge in [-0.25, -0.2) is 9.97 Å². The Morgan fingerprint density at radius 2 is 1.36 bits per heavy atom. The molecule has 2 aromatic heterocycles. The summed E-state index contributed by atoms with van der Waals surface area (Å²) in [5.41, 5.74) is 8.65. The molecular formula is C17H12N4O. The zero-order chi connectivity index (χ0) is 14.9. The molecule has 2 aromatic carbocycles. The van der Waals surface area contributed by atoms with Crippen molar-refractivity contribution in [2.24, 2.45) is 0 Å². The highest BCUT2D eigenvalue weighted by atomic mass is 16.4. The van der Waals surface area contributed by atoms with Crippen LogP contribution >= 0.6 is 0 Å². The van der Waals surface area contributed by atoms with Crippen molar-refractivity contribution in [2.45, 2.75) is 0 Å². The lowest BCUT2D eigenvalue weighted by Gasteiger charge is -2.00. The molecule has 0 fully saturated rings. The number of hydrogen-bond donors (Lipinski definition) is 1. The van der Waals surface area contributed by atoms with E-state index in [0.29, 0.717) is 28.8 Å². The Balaban J connectivity index is 1.88. The number of nitrogen functional groups attached to an aromatic ring is 1. The van der Waals surface area contributed by atoms with E-state index in [0.717, 1.165) is 11.1 Å². The molecule has 22 heavy (non-hydrogen) atoms. The van der Waals surface area contributed by atoms with E-state index >= 15 is 0 Å². The summed E-state index contributed by atoms with van der Waals surface area (Å²) in [6.07, 6.45) is 0. The Morgan fingerprint density at radius 1 is 0.727 bits per heavy atom. The average molecular weight is 288 g/mol. The number of aromatic nitrogens is 3. The van der Waals surface area contributed by atoms with Crippen molar-refractivity contribution in [3.05, 3.63) is 60.7 Å². The maximum atomic E-state index is 6.01. The Labute approximate surface area is 126 Å². The van der Waals surface area contributed by atoms with Crippen LogP contribution in [-0.2, 0) is 0 Å². The third-order valence-corrected chi connectivity index (χ3v) is 3.34. The first-order valence-corrected chi connectivity index (χ1v) is 6.86. The minimum atomic E-state index is 0.315. The van der Waals surface area contributed by atoms with Crippen LogP contribution in [0.2, 0.25) is 0 Å². The molecule has 0 amide bonds. The maximum Gasteiger partial charge on any atom is 0.253 e. The summed E-state index contributed by atoms with van der Waals surface area (Å²) in [6, 6.07) is 19.3. The third kappa shape index (κ3) is 2.09. The van der Waals surface area contributed by atoms with Crippen LogP contribution in [0.4, 0.5) is 5.82 Å². The van der Waals surface area contributed by atoms with Crippen molar-refractivity contribution in [2.75, 3.05) is 5.73 Å². The molecule has 5 heteroatoms. The number of anilines is 1. The predicted molar refractivity (Wildman–Crippen MR) is 84.9 cm³/mol. The van der Waals surface area contributed by atoms with Gasteiger partial charge in [-0.3, -0.25) is 0 Å². The van der Waals surface area contributed by atoms with Crippen LogP contribution in [0.25, 0.3) is 34.1 Å². The summed E-state index contributed by atoms with van der Waals surface area (Å²) in [7, 11) is 0. The zero-order valence-corrected chi connectivity index (χ0v) is 11.6. The number of rotatable bonds is 2. The van der Waals surface area contributed by atoms with Crippen molar-refractivity contribution in [3.63, 3.8) is 0 Å². The predicted octanol–water partition coefficient (Wildman–Crippen LogP) is 3.53. The quantitative estimate of drug-likeness (QED) is 0.610. The fraction of sp³-hybridized carbons (Fsp3) is 0. The smallest absolute Gasteiger partial charge is 0.253 e. The number of benzene rings is 2. The summed E-state index contributed by atoms with van der Waals surface area (Å²) in [4.78, 5) is 13.2. The van der Waals surface area contributed by atoms with Gasteiger partial charge < -0.3 is 10.2 Å². The molecule has 5 nitrogen and oxygen atoms in total. The molecule has 0 saturated carbocycles. The van der Waals surface area contributed by atoms with Crippen molar-refractivity contribution in [1.29, 1.82) is 0 Å². The SMILES string of the molecule is Nc1nc(-c2ccccc2)nc2oc(-c3ccccc3)nc12. The molecule has 0 aliphatic rings. The number of nitrogens with zero attached hydrogens (tertiary/aromatic N) is 3. The molecular weight excluding hydrogens is 276 g/mol. The fourth-order valence-corrected chi connectivity index (χ4v) is 2.26. The van der Waals surface area contributed by atoms with Crippen LogP contribution < -0.4 is 5.73 Å². The standard InChI is InChI=1S/C17H12N4O/c18-14-13-17(21-15(20-14)11-7-3-1-4-8-11)22-16(19-13)12-9-5-2-6-10-12/h1-10H,(H2,18,20,21). The molecule has 0 saturated heterocycles. The van der Waals surface area contributed by atoms with Gasteiger partial charge in [-0.15, -0.1) is 0 Å². The molecule has 0 aliphatic carbocycles. The van der Waals surface area contributed by atoms with Crippen LogP contribution in [0, 0.1) is 0 Å². The molecule has 0 unspecified atom stereocenters. The van der Waals surface area contributed by atoms with E-state index in [9.17, 15) is 0 Å². The number of fused-ring (bicyclic) bond motifs is 1. The molecule has 0 radical (unpaired) electrons. The lowest BCUT2D eigenvalue weighted by Crippen LogP contribution is -1.96. The molecule has 4 aromatic rings. The lowest BCUT2D eigenvalue weighted by molar-refractivity contribution is 0.607. The van der Waals surface area contributed by atoms with E-state index in [1.54, 1.807) is 0 Å². The van der Waals surface area contributed by atoms with Gasteiger partial charge in [0, 0.05) is 11.1 Å². The third-order valence-electron chi connectivity index (χ3n) is 3.34. The van der Waals surface area contributed by atoms with Crippen LogP contribution in [0.1, 0.15) is 0 Å². The van der Waals surface area contributed by atoms with Gasteiger partial charge in [0.25, 0.3) is 5.71 Å². The molecule has 2 heterocycles. The first-order chi connectivity index (χ1) is 10.8. The highest BCUT2D eigenvalue weighted by molar-refractivity contribution is 5.84. The normalized spacial score (nSPS) is 10.9. The minimum Gasteiger partial charge on any atom is -0.417 e. The molecule has 0 spiro atoms. The van der Waals surface area contributed by atoms with Gasteiger partial charge in [0.1, 0.15) is 0 Å². The summed E-state index contributed by atoms with van der Waals surface area (Å²) in [5.74, 6) is 1.33. The molecule has 0 bridgehead atoms. The largest absolute Gasteiger partial charge is 0.417 e. The van der Waals surface area contributed by atoms with Gasteiger partial charge >= 0.3 is 0 Å². The average Bonchev–Trinajstić information content (AvgIpc) is 3.01. The summed E-state index contributed by atoms with van der Waals surface area (Å²) < 4.78 is 5.75.